The molecule has 0 amide bonds. The van der Waals surface area contributed by atoms with Gasteiger partial charge >= 0.3 is 0 Å². The molecule has 0 heterocycles. The first-order valence-electron chi connectivity index (χ1n) is 7.56. The second-order valence-corrected chi connectivity index (χ2v) is 4.94. The van der Waals surface area contributed by atoms with Crippen LogP contribution in [-0.4, -0.2) is 37.7 Å². The van der Waals surface area contributed by atoms with E-state index in [1.54, 1.807) is 48.9 Å². The Morgan fingerprint density at radius 1 is 0.750 bits per heavy atom. The Morgan fingerprint density at radius 3 is 1.58 bits per heavy atom. The van der Waals surface area contributed by atoms with Gasteiger partial charge in [0.05, 0.1) is 0 Å². The number of allylic oxidation sites excluding steroid dienone is 10. The van der Waals surface area contributed by atoms with Crippen molar-refractivity contribution in [3.05, 3.63) is 77.5 Å². The van der Waals surface area contributed by atoms with E-state index in [1.165, 1.54) is 0 Å². The van der Waals surface area contributed by atoms with E-state index in [2.05, 4.69) is 16.0 Å². The number of rotatable bonds is 8. The standard InChI is InChI=1S/C18H20N3O2.Co/c22-17-7-3-1-5-15(17)13-20-11-9-19-10-12-21-14-16-6-2-4-8-18(16)23;/h1-8,13-14,20-21H,9-12H2;/q-1;. The molecule has 0 bridgehead atoms. The van der Waals surface area contributed by atoms with Crippen LogP contribution in [0.5, 0.6) is 0 Å². The quantitative estimate of drug-likeness (QED) is 0.505. The molecule has 0 aromatic heterocycles. The normalized spacial score (nSPS) is 19.0. The van der Waals surface area contributed by atoms with Crippen LogP contribution in [0.1, 0.15) is 0 Å². The summed E-state index contributed by atoms with van der Waals surface area (Å²) in [6.45, 7) is 2.69. The van der Waals surface area contributed by atoms with E-state index in [0.717, 1.165) is 0 Å². The van der Waals surface area contributed by atoms with Crippen molar-refractivity contribution in [2.75, 3.05) is 26.2 Å². The minimum absolute atomic E-state index is 0. The number of nitrogens with one attached hydrogen (secondary N) is 2. The fourth-order valence-electron chi connectivity index (χ4n) is 1.96. The zero-order valence-electron chi connectivity index (χ0n) is 13.2. The van der Waals surface area contributed by atoms with Crippen molar-refractivity contribution < 1.29 is 26.4 Å². The predicted molar refractivity (Wildman–Crippen MR) is 91.8 cm³/mol. The van der Waals surface area contributed by atoms with Crippen LogP contribution in [0.2, 0.25) is 0 Å². The van der Waals surface area contributed by atoms with Crippen molar-refractivity contribution in [3.8, 4) is 0 Å². The van der Waals surface area contributed by atoms with Gasteiger partial charge in [-0.15, -0.1) is 13.1 Å². The molecule has 0 fully saturated rings. The molecule has 129 valence electrons. The minimum Gasteiger partial charge on any atom is -0.659 e. The SMILES string of the molecule is O=C1C=CC=CC1=CNCC[N-]CCNC=C1C=CC=CC1=O.[Co]. The molecule has 0 aliphatic heterocycles. The summed E-state index contributed by atoms with van der Waals surface area (Å²) >= 11 is 0. The zero-order chi connectivity index (χ0) is 16.3. The Bertz CT molecular complexity index is 574. The van der Waals surface area contributed by atoms with Crippen LogP contribution in [0.3, 0.4) is 0 Å². The maximum atomic E-state index is 11.5. The summed E-state index contributed by atoms with van der Waals surface area (Å²) in [5.41, 5.74) is 1.31. The second-order valence-electron chi connectivity index (χ2n) is 4.94. The molecule has 0 atom stereocenters. The molecular formula is C18H20CoN3O2-. The van der Waals surface area contributed by atoms with Crippen molar-refractivity contribution in [2.24, 2.45) is 0 Å². The Hall–Kier alpha value is -2.15. The van der Waals surface area contributed by atoms with Crippen LogP contribution in [0.4, 0.5) is 0 Å². The molecule has 0 aromatic carbocycles. The van der Waals surface area contributed by atoms with Crippen LogP contribution in [0.15, 0.2) is 72.2 Å². The van der Waals surface area contributed by atoms with Crippen LogP contribution < -0.4 is 10.6 Å². The van der Waals surface area contributed by atoms with Crippen LogP contribution >= 0.6 is 0 Å². The van der Waals surface area contributed by atoms with E-state index in [1.807, 2.05) is 12.2 Å². The van der Waals surface area contributed by atoms with Gasteiger partial charge < -0.3 is 16.0 Å². The van der Waals surface area contributed by atoms with Gasteiger partial charge in [-0.2, -0.15) is 0 Å². The molecule has 24 heavy (non-hydrogen) atoms. The van der Waals surface area contributed by atoms with Gasteiger partial charge in [-0.1, -0.05) is 24.3 Å². The molecule has 2 rings (SSSR count). The molecule has 0 spiro atoms. The summed E-state index contributed by atoms with van der Waals surface area (Å²) < 4.78 is 0. The van der Waals surface area contributed by atoms with Crippen LogP contribution in [0, 0.1) is 0 Å². The number of carbonyl (C=O) groups excluding carboxylic acids is 2. The minimum atomic E-state index is 0. The number of hydrogen-bond acceptors (Lipinski definition) is 4. The third-order valence-corrected chi connectivity index (χ3v) is 3.18. The van der Waals surface area contributed by atoms with Gasteiger partial charge in [-0.05, 0) is 37.4 Å². The number of ketones is 2. The van der Waals surface area contributed by atoms with E-state index in [9.17, 15) is 9.59 Å². The molecule has 0 saturated carbocycles. The topological polar surface area (TPSA) is 72.3 Å². The van der Waals surface area contributed by atoms with E-state index in [4.69, 9.17) is 0 Å². The van der Waals surface area contributed by atoms with Crippen molar-refractivity contribution in [2.45, 2.75) is 0 Å². The molecule has 2 N–H and O–H groups in total. The Balaban J connectivity index is 0.00000288. The van der Waals surface area contributed by atoms with Crippen molar-refractivity contribution in [1.29, 1.82) is 0 Å². The van der Waals surface area contributed by atoms with E-state index < -0.39 is 0 Å². The van der Waals surface area contributed by atoms with Crippen molar-refractivity contribution >= 4 is 11.6 Å². The van der Waals surface area contributed by atoms with Crippen LogP contribution in [0.25, 0.3) is 5.32 Å². The third-order valence-electron chi connectivity index (χ3n) is 3.18. The van der Waals surface area contributed by atoms with Gasteiger partial charge in [0.1, 0.15) is 0 Å². The molecule has 1 radical (unpaired) electrons. The summed E-state index contributed by atoms with van der Waals surface area (Å²) in [5.74, 6) is 0.0191. The summed E-state index contributed by atoms with van der Waals surface area (Å²) in [4.78, 5) is 22.9. The van der Waals surface area contributed by atoms with Gasteiger partial charge in [0.2, 0.25) is 0 Å². The fourth-order valence-corrected chi connectivity index (χ4v) is 1.96. The van der Waals surface area contributed by atoms with E-state index in [0.29, 0.717) is 37.3 Å². The summed E-state index contributed by atoms with van der Waals surface area (Å²) in [6, 6.07) is 0. The largest absolute Gasteiger partial charge is 0.659 e. The van der Waals surface area contributed by atoms with E-state index >= 15 is 0 Å². The first-order chi connectivity index (χ1) is 11.3. The molecule has 0 unspecified atom stereocenters. The molecule has 0 saturated heterocycles. The smallest absolute Gasteiger partial charge is 0.187 e. The van der Waals surface area contributed by atoms with Gasteiger partial charge in [-0.25, -0.2) is 0 Å². The average Bonchev–Trinajstić information content (AvgIpc) is 2.56. The first kappa shape index (κ1) is 19.9. The summed E-state index contributed by atoms with van der Waals surface area (Å²) in [6.07, 6.45) is 17.2. The molecule has 0 aromatic rings. The van der Waals surface area contributed by atoms with Crippen molar-refractivity contribution in [1.82, 2.24) is 10.6 Å². The third kappa shape index (κ3) is 6.95. The number of hydrogen-bond donors (Lipinski definition) is 2. The fraction of sp³-hybridized carbons (Fsp3) is 0.222. The zero-order valence-corrected chi connectivity index (χ0v) is 14.2. The molecule has 6 heteroatoms. The number of nitrogens with zero attached hydrogens (tertiary/aromatic N) is 1. The van der Waals surface area contributed by atoms with Gasteiger partial charge in [0.15, 0.2) is 11.6 Å². The van der Waals surface area contributed by atoms with Gasteiger partial charge in [-0.3, -0.25) is 9.59 Å². The predicted octanol–water partition coefficient (Wildman–Crippen LogP) is 1.69. The van der Waals surface area contributed by atoms with Gasteiger partial charge in [0.25, 0.3) is 0 Å². The molecule has 5 nitrogen and oxygen atoms in total. The average molecular weight is 369 g/mol. The Labute approximate surface area is 152 Å². The molecule has 2 aliphatic carbocycles. The number of carbonyl (C=O) groups is 2. The maximum Gasteiger partial charge on any atom is 0.187 e. The Kier molecular flexibility index (Phi) is 9.44. The molecule has 2 aliphatic rings. The molecular weight excluding hydrogens is 349 g/mol. The summed E-state index contributed by atoms with van der Waals surface area (Å²) in [5, 5.41) is 10.5. The monoisotopic (exact) mass is 369 g/mol. The van der Waals surface area contributed by atoms with Gasteiger partial charge in [0, 0.05) is 40.3 Å². The van der Waals surface area contributed by atoms with Crippen LogP contribution in [-0.2, 0) is 26.4 Å². The first-order valence-corrected chi connectivity index (χ1v) is 7.56. The van der Waals surface area contributed by atoms with Crippen molar-refractivity contribution in [3.63, 3.8) is 0 Å². The van der Waals surface area contributed by atoms with E-state index in [-0.39, 0.29) is 28.3 Å². The summed E-state index contributed by atoms with van der Waals surface area (Å²) in [7, 11) is 0. The Morgan fingerprint density at radius 2 is 1.17 bits per heavy atom. The second kappa shape index (κ2) is 11.4. The maximum absolute atomic E-state index is 11.5.